The second kappa shape index (κ2) is 10.7. The van der Waals surface area contributed by atoms with Crippen molar-refractivity contribution in [3.63, 3.8) is 0 Å². The molecule has 7 nitrogen and oxygen atoms in total. The van der Waals surface area contributed by atoms with Gasteiger partial charge in [-0.05, 0) is 55.0 Å². The number of H-pyrrole nitrogens is 1. The number of benzene rings is 2. The molecule has 0 saturated heterocycles. The smallest absolute Gasteiger partial charge is 0.247 e. The average molecular weight is 539 g/mol. The fourth-order valence-corrected chi connectivity index (χ4v) is 4.57. The zero-order valence-corrected chi connectivity index (χ0v) is 21.8. The molecule has 0 fully saturated rings. The zero-order valence-electron chi connectivity index (χ0n) is 20.2. The predicted octanol–water partition coefficient (Wildman–Crippen LogP) is 5.30. The lowest BCUT2D eigenvalue weighted by Gasteiger charge is -2.07. The highest BCUT2D eigenvalue weighted by molar-refractivity contribution is 7.90. The Balaban J connectivity index is 1.36. The Hall–Kier alpha value is -3.82. The number of amides is 1. The quantitative estimate of drug-likeness (QED) is 0.234. The first-order valence-corrected chi connectivity index (χ1v) is 13.5. The Morgan fingerprint density at radius 2 is 2.05 bits per heavy atom. The number of aromatic amines is 1. The summed E-state index contributed by atoms with van der Waals surface area (Å²) in [5.74, 6) is -0.807. The van der Waals surface area contributed by atoms with Crippen LogP contribution in [0.2, 0.25) is 5.02 Å². The maximum atomic E-state index is 14.3. The van der Waals surface area contributed by atoms with Crippen LogP contribution in [0.15, 0.2) is 82.6 Å². The number of carbonyl (C=O) groups is 1. The predicted molar refractivity (Wildman–Crippen MR) is 145 cm³/mol. The van der Waals surface area contributed by atoms with E-state index in [4.69, 9.17) is 11.6 Å². The largest absolute Gasteiger partial charge is 0.360 e. The number of halogens is 2. The van der Waals surface area contributed by atoms with Crippen LogP contribution in [0.4, 0.5) is 4.39 Å². The number of carbonyl (C=O) groups excluding carboxylic acids is 1. The molecule has 37 heavy (non-hydrogen) atoms. The lowest BCUT2D eigenvalue weighted by atomic mass is 10.1. The van der Waals surface area contributed by atoms with Gasteiger partial charge in [0.1, 0.15) is 5.82 Å². The molecule has 0 aliphatic carbocycles. The van der Waals surface area contributed by atoms with Crippen molar-refractivity contribution in [2.45, 2.75) is 24.8 Å². The zero-order chi connectivity index (χ0) is 26.7. The highest BCUT2D eigenvalue weighted by Crippen LogP contribution is 2.26. The van der Waals surface area contributed by atoms with Gasteiger partial charge in [-0.3, -0.25) is 14.8 Å². The van der Waals surface area contributed by atoms with Crippen molar-refractivity contribution in [3.8, 4) is 0 Å². The molecule has 0 atom stereocenters. The van der Waals surface area contributed by atoms with E-state index in [9.17, 15) is 17.6 Å². The van der Waals surface area contributed by atoms with Crippen molar-refractivity contribution in [1.82, 2.24) is 15.3 Å². The second-order valence-electron chi connectivity index (χ2n) is 8.65. The van der Waals surface area contributed by atoms with Crippen LogP contribution in [0.25, 0.3) is 21.8 Å². The molecule has 2 aromatic carbocycles. The number of sulfone groups is 1. The van der Waals surface area contributed by atoms with Gasteiger partial charge >= 0.3 is 0 Å². The number of allylic oxidation sites excluding steroid dienone is 2. The van der Waals surface area contributed by atoms with E-state index in [0.717, 1.165) is 11.8 Å². The van der Waals surface area contributed by atoms with Gasteiger partial charge in [0.05, 0.1) is 15.4 Å². The van der Waals surface area contributed by atoms with Crippen LogP contribution in [-0.2, 0) is 27.6 Å². The molecule has 0 radical (unpaired) electrons. The highest BCUT2D eigenvalue weighted by atomic mass is 35.5. The van der Waals surface area contributed by atoms with E-state index in [1.165, 1.54) is 18.3 Å². The summed E-state index contributed by atoms with van der Waals surface area (Å²) < 4.78 is 38.0. The Morgan fingerprint density at radius 1 is 1.27 bits per heavy atom. The van der Waals surface area contributed by atoms with Gasteiger partial charge in [-0.2, -0.15) is 0 Å². The van der Waals surface area contributed by atoms with Gasteiger partial charge in [0, 0.05) is 71.0 Å². The molecular weight excluding hydrogens is 515 g/mol. The standard InChI is InChI=1S/C27H24ClFN4O3S/c1-16(27(34)33-14-20-11-22-23(28)15-32-26(22)12-24(20)29)6-7-30-17(2)8-18-9-19-10-21(37(3,35)36)4-5-25(19)31-13-18/h4-7,9-13,15,32H,2,8,14H2,1,3H3,(H,33,34)/b16-6+,30-7?. The van der Waals surface area contributed by atoms with Gasteiger partial charge in [-0.25, -0.2) is 12.8 Å². The molecule has 1 amide bonds. The summed E-state index contributed by atoms with van der Waals surface area (Å²) in [6.45, 7) is 5.57. The first kappa shape index (κ1) is 26.2. The summed E-state index contributed by atoms with van der Waals surface area (Å²) in [5, 5.41) is 4.56. The van der Waals surface area contributed by atoms with E-state index >= 15 is 0 Å². The number of nitrogens with one attached hydrogen (secondary N) is 2. The normalized spacial score (nSPS) is 12.5. The number of rotatable bonds is 8. The monoisotopic (exact) mass is 538 g/mol. The van der Waals surface area contributed by atoms with Gasteiger partial charge in [-0.15, -0.1) is 0 Å². The first-order valence-electron chi connectivity index (χ1n) is 11.2. The number of aromatic nitrogens is 2. The van der Waals surface area contributed by atoms with E-state index in [-0.39, 0.29) is 17.3 Å². The maximum absolute atomic E-state index is 14.3. The molecule has 0 bridgehead atoms. The third-order valence-corrected chi connectivity index (χ3v) is 7.15. The molecular formula is C27H24ClFN4O3S. The van der Waals surface area contributed by atoms with Gasteiger partial charge < -0.3 is 10.3 Å². The van der Waals surface area contributed by atoms with Crippen LogP contribution in [0, 0.1) is 5.82 Å². The van der Waals surface area contributed by atoms with Gasteiger partial charge in [0.2, 0.25) is 5.91 Å². The van der Waals surface area contributed by atoms with Crippen LogP contribution in [0.3, 0.4) is 0 Å². The second-order valence-corrected chi connectivity index (χ2v) is 11.1. The number of pyridine rings is 1. The molecule has 4 rings (SSSR count). The van der Waals surface area contributed by atoms with Crippen molar-refractivity contribution in [2.75, 3.05) is 6.26 Å². The van der Waals surface area contributed by atoms with E-state index in [0.29, 0.717) is 50.1 Å². The molecule has 0 saturated carbocycles. The Kier molecular flexibility index (Phi) is 7.56. The van der Waals surface area contributed by atoms with Crippen LogP contribution in [0.1, 0.15) is 18.1 Å². The fourth-order valence-electron chi connectivity index (χ4n) is 3.70. The number of aliphatic imine (C=N–C) groups is 1. The average Bonchev–Trinajstić information content (AvgIpc) is 3.20. The van der Waals surface area contributed by atoms with Crippen molar-refractivity contribution < 1.29 is 17.6 Å². The van der Waals surface area contributed by atoms with Crippen LogP contribution in [0.5, 0.6) is 0 Å². The summed E-state index contributed by atoms with van der Waals surface area (Å²) >= 11 is 6.09. The first-order chi connectivity index (χ1) is 17.5. The molecule has 2 aromatic heterocycles. The number of hydrogen-bond donors (Lipinski definition) is 2. The third-order valence-electron chi connectivity index (χ3n) is 5.72. The molecule has 0 aliphatic heterocycles. The van der Waals surface area contributed by atoms with Crippen molar-refractivity contribution >= 4 is 55.4 Å². The van der Waals surface area contributed by atoms with Gasteiger partial charge in [-0.1, -0.05) is 18.2 Å². The Bertz CT molecular complexity index is 1710. The third kappa shape index (κ3) is 6.31. The maximum Gasteiger partial charge on any atom is 0.247 e. The number of hydrogen-bond acceptors (Lipinski definition) is 5. The fraction of sp³-hybridized carbons (Fsp3) is 0.148. The van der Waals surface area contributed by atoms with Crippen LogP contribution < -0.4 is 5.32 Å². The highest BCUT2D eigenvalue weighted by Gasteiger charge is 2.11. The minimum absolute atomic E-state index is 0.00710. The molecule has 0 unspecified atom stereocenters. The topological polar surface area (TPSA) is 104 Å². The summed E-state index contributed by atoms with van der Waals surface area (Å²) in [4.78, 5) is 24.2. The van der Waals surface area contributed by atoms with E-state index in [2.05, 4.69) is 26.9 Å². The minimum Gasteiger partial charge on any atom is -0.360 e. The van der Waals surface area contributed by atoms with Crippen LogP contribution >= 0.6 is 11.6 Å². The van der Waals surface area contributed by atoms with E-state index < -0.39 is 15.7 Å². The van der Waals surface area contributed by atoms with Crippen molar-refractivity contribution in [1.29, 1.82) is 0 Å². The molecule has 2 heterocycles. The van der Waals surface area contributed by atoms with E-state index in [1.807, 2.05) is 6.07 Å². The molecule has 0 aliphatic rings. The summed E-state index contributed by atoms with van der Waals surface area (Å²) in [7, 11) is -3.32. The molecule has 2 N–H and O–H groups in total. The van der Waals surface area contributed by atoms with Crippen molar-refractivity contribution in [3.05, 3.63) is 94.7 Å². The van der Waals surface area contributed by atoms with Gasteiger partial charge in [0.25, 0.3) is 0 Å². The lowest BCUT2D eigenvalue weighted by Crippen LogP contribution is -2.24. The number of fused-ring (bicyclic) bond motifs is 2. The number of nitrogens with zero attached hydrogens (tertiary/aromatic N) is 2. The summed E-state index contributed by atoms with van der Waals surface area (Å²) in [6, 6.07) is 9.60. The van der Waals surface area contributed by atoms with Crippen molar-refractivity contribution in [2.24, 2.45) is 4.99 Å². The summed E-state index contributed by atoms with van der Waals surface area (Å²) in [5.41, 5.74) is 3.33. The lowest BCUT2D eigenvalue weighted by molar-refractivity contribution is -0.117. The van der Waals surface area contributed by atoms with Gasteiger partial charge in [0.15, 0.2) is 9.84 Å². The minimum atomic E-state index is -3.32. The molecule has 10 heteroatoms. The van der Waals surface area contributed by atoms with E-state index in [1.54, 1.807) is 43.6 Å². The molecule has 190 valence electrons. The van der Waals surface area contributed by atoms with Crippen LogP contribution in [-0.4, -0.2) is 36.8 Å². The molecule has 0 spiro atoms. The molecule has 4 aromatic rings. The summed E-state index contributed by atoms with van der Waals surface area (Å²) in [6.07, 6.45) is 7.84. The Morgan fingerprint density at radius 3 is 2.81 bits per heavy atom. The Labute approximate surface area is 218 Å². The SMILES string of the molecule is C=C(Cc1cnc2ccc(S(C)(=O)=O)cc2c1)N=C/C=C(\C)C(=O)NCc1cc2c(Cl)c[nH]c2cc1F.